The summed E-state index contributed by atoms with van der Waals surface area (Å²) in [7, 11) is 1.75. The van der Waals surface area contributed by atoms with E-state index in [1.165, 1.54) is 0 Å². The number of halogens is 2. The first-order valence-electron chi connectivity index (χ1n) is 6.88. The van der Waals surface area contributed by atoms with Gasteiger partial charge in [-0.25, -0.2) is 0 Å². The van der Waals surface area contributed by atoms with Crippen LogP contribution in [0.3, 0.4) is 0 Å². The smallest absolute Gasteiger partial charge is 0.263 e. The summed E-state index contributed by atoms with van der Waals surface area (Å²) in [5, 5.41) is 0.852. The monoisotopic (exact) mass is 337 g/mol. The van der Waals surface area contributed by atoms with Crippen LogP contribution in [0.1, 0.15) is 12.5 Å². The minimum absolute atomic E-state index is 0.102. The summed E-state index contributed by atoms with van der Waals surface area (Å²) in [4.78, 5) is 14.0. The molecular weight excluding hydrogens is 321 g/mol. The molecule has 5 heteroatoms. The van der Waals surface area contributed by atoms with E-state index in [1.807, 2.05) is 30.3 Å². The molecule has 1 unspecified atom stereocenters. The normalized spacial score (nSPS) is 11.8. The van der Waals surface area contributed by atoms with Gasteiger partial charge in [0, 0.05) is 19.7 Å². The van der Waals surface area contributed by atoms with Gasteiger partial charge < -0.3 is 9.64 Å². The van der Waals surface area contributed by atoms with Crippen molar-refractivity contribution in [2.45, 2.75) is 19.6 Å². The van der Waals surface area contributed by atoms with E-state index >= 15 is 0 Å². The molecule has 0 aliphatic carbocycles. The minimum Gasteiger partial charge on any atom is -0.481 e. The zero-order valence-electron chi connectivity index (χ0n) is 12.4. The average molecular weight is 338 g/mol. The fraction of sp³-hybridized carbons (Fsp3) is 0.235. The van der Waals surface area contributed by atoms with Crippen LogP contribution in [0, 0.1) is 0 Å². The van der Waals surface area contributed by atoms with Crippen LogP contribution >= 0.6 is 23.2 Å². The second kappa shape index (κ2) is 7.52. The van der Waals surface area contributed by atoms with Gasteiger partial charge in [-0.2, -0.15) is 0 Å². The van der Waals surface area contributed by atoms with Crippen molar-refractivity contribution >= 4 is 29.1 Å². The number of rotatable bonds is 5. The quantitative estimate of drug-likeness (QED) is 0.808. The van der Waals surface area contributed by atoms with Gasteiger partial charge in [-0.3, -0.25) is 4.79 Å². The minimum atomic E-state index is -0.606. The Balaban J connectivity index is 1.97. The highest BCUT2D eigenvalue weighted by Crippen LogP contribution is 2.27. The Morgan fingerprint density at radius 3 is 2.45 bits per heavy atom. The van der Waals surface area contributed by atoms with Crippen LogP contribution in [-0.2, 0) is 11.3 Å². The molecular formula is C17H17Cl2NO2. The maximum absolute atomic E-state index is 12.3. The molecule has 0 N–H and O–H groups in total. The van der Waals surface area contributed by atoms with E-state index in [4.69, 9.17) is 27.9 Å². The van der Waals surface area contributed by atoms with E-state index in [1.54, 1.807) is 37.1 Å². The van der Waals surface area contributed by atoms with Gasteiger partial charge in [-0.15, -0.1) is 0 Å². The Morgan fingerprint density at radius 2 is 1.82 bits per heavy atom. The Kier molecular flexibility index (Phi) is 5.69. The molecule has 1 amide bonds. The van der Waals surface area contributed by atoms with Gasteiger partial charge in [0.25, 0.3) is 5.91 Å². The fourth-order valence-electron chi connectivity index (χ4n) is 2.05. The van der Waals surface area contributed by atoms with Gasteiger partial charge in [-0.1, -0.05) is 53.5 Å². The lowest BCUT2D eigenvalue weighted by Crippen LogP contribution is -2.37. The molecule has 0 aliphatic heterocycles. The van der Waals surface area contributed by atoms with Crippen molar-refractivity contribution in [2.75, 3.05) is 7.05 Å². The molecule has 1 atom stereocenters. The van der Waals surface area contributed by atoms with Crippen molar-refractivity contribution in [2.24, 2.45) is 0 Å². The molecule has 0 saturated carbocycles. The van der Waals surface area contributed by atoms with Gasteiger partial charge in [0.2, 0.25) is 0 Å². The Hall–Kier alpha value is -1.71. The van der Waals surface area contributed by atoms with Crippen molar-refractivity contribution in [3.8, 4) is 5.75 Å². The van der Waals surface area contributed by atoms with Crippen LogP contribution in [0.25, 0.3) is 0 Å². The number of hydrogen-bond acceptors (Lipinski definition) is 2. The molecule has 0 spiro atoms. The lowest BCUT2D eigenvalue weighted by atomic mass is 10.2. The number of likely N-dealkylation sites (N-methyl/N-ethyl adjacent to an activating group) is 1. The standard InChI is InChI=1S/C17H17Cl2NO2/c1-12(22-14-8-9-15(18)16(19)10-14)17(21)20(2)11-13-6-4-3-5-7-13/h3-10,12H,11H2,1-2H3. The predicted molar refractivity (Wildman–Crippen MR) is 89.5 cm³/mol. The van der Waals surface area contributed by atoms with Gasteiger partial charge >= 0.3 is 0 Å². The van der Waals surface area contributed by atoms with Crippen LogP contribution in [0.2, 0.25) is 10.0 Å². The van der Waals surface area contributed by atoms with Gasteiger partial charge in [0.1, 0.15) is 5.75 Å². The number of carbonyl (C=O) groups excluding carboxylic acids is 1. The van der Waals surface area contributed by atoms with Gasteiger partial charge in [0.15, 0.2) is 6.10 Å². The zero-order chi connectivity index (χ0) is 16.1. The number of ether oxygens (including phenoxy) is 1. The summed E-state index contributed by atoms with van der Waals surface area (Å²) in [5.74, 6) is 0.415. The molecule has 0 saturated heterocycles. The van der Waals surface area contributed by atoms with Crippen molar-refractivity contribution < 1.29 is 9.53 Å². The maximum Gasteiger partial charge on any atom is 0.263 e. The van der Waals surface area contributed by atoms with Gasteiger partial charge in [0.05, 0.1) is 10.0 Å². The largest absolute Gasteiger partial charge is 0.481 e. The van der Waals surface area contributed by atoms with Crippen molar-refractivity contribution in [1.29, 1.82) is 0 Å². The van der Waals surface area contributed by atoms with Crippen molar-refractivity contribution in [1.82, 2.24) is 4.90 Å². The first-order chi connectivity index (χ1) is 10.5. The highest BCUT2D eigenvalue weighted by molar-refractivity contribution is 6.42. The topological polar surface area (TPSA) is 29.5 Å². The highest BCUT2D eigenvalue weighted by atomic mass is 35.5. The van der Waals surface area contributed by atoms with Crippen LogP contribution in [-0.4, -0.2) is 24.0 Å². The average Bonchev–Trinajstić information content (AvgIpc) is 2.51. The lowest BCUT2D eigenvalue weighted by molar-refractivity contribution is -0.137. The molecule has 0 aromatic heterocycles. The van der Waals surface area contributed by atoms with Crippen LogP contribution < -0.4 is 4.74 Å². The molecule has 0 fully saturated rings. The SMILES string of the molecule is CC(Oc1ccc(Cl)c(Cl)c1)C(=O)N(C)Cc1ccccc1. The molecule has 22 heavy (non-hydrogen) atoms. The van der Waals surface area contributed by atoms with E-state index in [0.717, 1.165) is 5.56 Å². The molecule has 0 bridgehead atoms. The van der Waals surface area contributed by atoms with E-state index in [2.05, 4.69) is 0 Å². The molecule has 0 aliphatic rings. The van der Waals surface area contributed by atoms with Crippen LogP contribution in [0.5, 0.6) is 5.75 Å². The van der Waals surface area contributed by atoms with E-state index in [9.17, 15) is 4.79 Å². The molecule has 116 valence electrons. The third-order valence-corrected chi connectivity index (χ3v) is 3.93. The maximum atomic E-state index is 12.3. The Bertz CT molecular complexity index is 646. The first kappa shape index (κ1) is 16.7. The van der Waals surface area contributed by atoms with Crippen molar-refractivity contribution in [3.05, 3.63) is 64.1 Å². The molecule has 2 aromatic carbocycles. The van der Waals surface area contributed by atoms with E-state index in [-0.39, 0.29) is 5.91 Å². The molecule has 0 heterocycles. The first-order valence-corrected chi connectivity index (χ1v) is 7.63. The van der Waals surface area contributed by atoms with Crippen LogP contribution in [0.4, 0.5) is 0 Å². The van der Waals surface area contributed by atoms with Crippen molar-refractivity contribution in [3.63, 3.8) is 0 Å². The third-order valence-electron chi connectivity index (χ3n) is 3.19. The number of hydrogen-bond donors (Lipinski definition) is 0. The number of carbonyl (C=O) groups is 1. The van der Waals surface area contributed by atoms with Gasteiger partial charge in [-0.05, 0) is 24.6 Å². The summed E-state index contributed by atoms with van der Waals surface area (Å²) in [6.07, 6.45) is -0.606. The van der Waals surface area contributed by atoms with Crippen LogP contribution in [0.15, 0.2) is 48.5 Å². The molecule has 2 aromatic rings. The number of amides is 1. The number of nitrogens with zero attached hydrogens (tertiary/aromatic N) is 1. The van der Waals surface area contributed by atoms with E-state index in [0.29, 0.717) is 22.3 Å². The third kappa shape index (κ3) is 4.39. The zero-order valence-corrected chi connectivity index (χ0v) is 13.9. The predicted octanol–water partition coefficient (Wildman–Crippen LogP) is 4.42. The molecule has 0 radical (unpaired) electrons. The summed E-state index contributed by atoms with van der Waals surface area (Å²) < 4.78 is 5.64. The molecule has 2 rings (SSSR count). The summed E-state index contributed by atoms with van der Waals surface area (Å²) in [5.41, 5.74) is 1.07. The Morgan fingerprint density at radius 1 is 1.14 bits per heavy atom. The number of benzene rings is 2. The summed E-state index contributed by atoms with van der Waals surface area (Å²) >= 11 is 11.8. The molecule has 3 nitrogen and oxygen atoms in total. The second-order valence-electron chi connectivity index (χ2n) is 5.02. The van der Waals surface area contributed by atoms with E-state index < -0.39 is 6.10 Å². The lowest BCUT2D eigenvalue weighted by Gasteiger charge is -2.22. The highest BCUT2D eigenvalue weighted by Gasteiger charge is 2.19. The second-order valence-corrected chi connectivity index (χ2v) is 5.83. The fourth-order valence-corrected chi connectivity index (χ4v) is 2.34. The summed E-state index contributed by atoms with van der Waals surface area (Å²) in [6, 6.07) is 14.7. The summed E-state index contributed by atoms with van der Waals surface area (Å²) in [6.45, 7) is 2.25. The Labute approximate surface area is 140 Å².